The Morgan fingerprint density at radius 1 is 1.12 bits per heavy atom. The largest absolute Gasteiger partial charge is 0.507 e. The number of aromatic hydroxyl groups is 1. The van der Waals surface area contributed by atoms with Crippen LogP contribution in [0, 0.1) is 0 Å². The molecule has 0 bridgehead atoms. The fraction of sp³-hybridized carbons (Fsp3) is 0.400. The van der Waals surface area contributed by atoms with Crippen LogP contribution in [0.5, 0.6) is 11.5 Å². The molecule has 1 atom stereocenters. The van der Waals surface area contributed by atoms with Crippen LogP contribution in [0.1, 0.15) is 23.6 Å². The van der Waals surface area contributed by atoms with Crippen molar-refractivity contribution in [1.29, 1.82) is 0 Å². The normalized spacial score (nSPS) is 16.5. The van der Waals surface area contributed by atoms with Gasteiger partial charge in [-0.25, -0.2) is 0 Å². The van der Waals surface area contributed by atoms with Crippen LogP contribution >= 0.6 is 0 Å². The minimum atomic E-state index is -0.402. The van der Waals surface area contributed by atoms with E-state index in [9.17, 15) is 9.50 Å². The standard InChI is InChI=1S/C20H25FN2O2/c21-9-8-19(23-12-10-22-11-13-23)18-7-6-17(14-20(18)24)25-15-16-4-2-1-3-5-16/h1-7,14,19,22,24H,8-13,15H2/t19-/m0/s1. The van der Waals surface area contributed by atoms with Gasteiger partial charge in [0.2, 0.25) is 0 Å². The second-order valence-corrected chi connectivity index (χ2v) is 6.27. The Kier molecular flexibility index (Phi) is 6.25. The number of ether oxygens (including phenoxy) is 1. The SMILES string of the molecule is Oc1cc(OCc2ccccc2)ccc1[C@H](CCF)N1CCNCC1. The summed E-state index contributed by atoms with van der Waals surface area (Å²) in [5, 5.41) is 13.8. The molecule has 134 valence electrons. The van der Waals surface area contributed by atoms with Gasteiger partial charge in [-0.3, -0.25) is 9.29 Å². The van der Waals surface area contributed by atoms with Gasteiger partial charge in [0.25, 0.3) is 0 Å². The second kappa shape index (κ2) is 8.83. The molecule has 3 rings (SSSR count). The molecular formula is C20H25FN2O2. The number of hydrogen-bond acceptors (Lipinski definition) is 4. The molecule has 1 aliphatic rings. The molecule has 1 heterocycles. The topological polar surface area (TPSA) is 44.7 Å². The molecular weight excluding hydrogens is 319 g/mol. The van der Waals surface area contributed by atoms with E-state index < -0.39 is 6.67 Å². The van der Waals surface area contributed by atoms with Crippen molar-refractivity contribution in [2.45, 2.75) is 19.1 Å². The Balaban J connectivity index is 1.70. The summed E-state index contributed by atoms with van der Waals surface area (Å²) in [5.74, 6) is 0.784. The molecule has 1 fully saturated rings. The molecule has 0 aliphatic carbocycles. The summed E-state index contributed by atoms with van der Waals surface area (Å²) in [6, 6.07) is 15.1. The number of nitrogens with one attached hydrogen (secondary N) is 1. The van der Waals surface area contributed by atoms with Crippen LogP contribution in [0.2, 0.25) is 0 Å². The fourth-order valence-electron chi connectivity index (χ4n) is 3.27. The lowest BCUT2D eigenvalue weighted by Crippen LogP contribution is -2.45. The maximum Gasteiger partial charge on any atom is 0.124 e. The lowest BCUT2D eigenvalue weighted by molar-refractivity contribution is 0.155. The highest BCUT2D eigenvalue weighted by atomic mass is 19.1. The monoisotopic (exact) mass is 344 g/mol. The Hall–Kier alpha value is -2.11. The molecule has 0 amide bonds. The van der Waals surface area contributed by atoms with E-state index in [0.717, 1.165) is 37.3 Å². The molecule has 2 aromatic carbocycles. The van der Waals surface area contributed by atoms with Gasteiger partial charge in [-0.1, -0.05) is 36.4 Å². The first-order valence-corrected chi connectivity index (χ1v) is 8.78. The van der Waals surface area contributed by atoms with Crippen LogP contribution in [0.15, 0.2) is 48.5 Å². The third kappa shape index (κ3) is 4.71. The van der Waals surface area contributed by atoms with Gasteiger partial charge in [-0.15, -0.1) is 0 Å². The molecule has 1 saturated heterocycles. The minimum absolute atomic E-state index is 0.102. The maximum absolute atomic E-state index is 13.1. The quantitative estimate of drug-likeness (QED) is 0.809. The van der Waals surface area contributed by atoms with Crippen molar-refractivity contribution in [3.63, 3.8) is 0 Å². The van der Waals surface area contributed by atoms with Crippen molar-refractivity contribution in [3.8, 4) is 11.5 Å². The van der Waals surface area contributed by atoms with Gasteiger partial charge in [0.15, 0.2) is 0 Å². The smallest absolute Gasteiger partial charge is 0.124 e. The van der Waals surface area contributed by atoms with E-state index in [0.29, 0.717) is 18.8 Å². The zero-order chi connectivity index (χ0) is 17.5. The molecule has 1 aliphatic heterocycles. The van der Waals surface area contributed by atoms with E-state index >= 15 is 0 Å². The molecule has 2 aromatic rings. The molecule has 0 unspecified atom stereocenters. The van der Waals surface area contributed by atoms with Gasteiger partial charge < -0.3 is 15.2 Å². The van der Waals surface area contributed by atoms with E-state index in [4.69, 9.17) is 4.74 Å². The Labute approximate surface area is 148 Å². The molecule has 5 heteroatoms. The van der Waals surface area contributed by atoms with Crippen molar-refractivity contribution < 1.29 is 14.2 Å². The Morgan fingerprint density at radius 3 is 2.56 bits per heavy atom. The van der Waals surface area contributed by atoms with Gasteiger partial charge in [-0.05, 0) is 18.1 Å². The first-order valence-electron chi connectivity index (χ1n) is 8.78. The van der Waals surface area contributed by atoms with Crippen LogP contribution in [-0.2, 0) is 6.61 Å². The molecule has 0 spiro atoms. The van der Waals surface area contributed by atoms with Gasteiger partial charge in [0.1, 0.15) is 18.1 Å². The lowest BCUT2D eigenvalue weighted by Gasteiger charge is -2.35. The molecule has 0 saturated carbocycles. The predicted molar refractivity (Wildman–Crippen MR) is 96.7 cm³/mol. The first-order chi connectivity index (χ1) is 12.3. The third-order valence-electron chi connectivity index (χ3n) is 4.58. The summed E-state index contributed by atoms with van der Waals surface area (Å²) in [7, 11) is 0. The number of phenols is 1. The molecule has 4 nitrogen and oxygen atoms in total. The Bertz CT molecular complexity index is 660. The van der Waals surface area contributed by atoms with Crippen molar-refractivity contribution >= 4 is 0 Å². The fourth-order valence-corrected chi connectivity index (χ4v) is 3.27. The van der Waals surface area contributed by atoms with E-state index in [-0.39, 0.29) is 11.8 Å². The van der Waals surface area contributed by atoms with Crippen LogP contribution < -0.4 is 10.1 Å². The van der Waals surface area contributed by atoms with E-state index in [2.05, 4.69) is 10.2 Å². The van der Waals surface area contributed by atoms with Crippen molar-refractivity contribution in [1.82, 2.24) is 10.2 Å². The molecule has 2 N–H and O–H groups in total. The Morgan fingerprint density at radius 2 is 1.88 bits per heavy atom. The minimum Gasteiger partial charge on any atom is -0.507 e. The predicted octanol–water partition coefficient (Wildman–Crippen LogP) is 3.28. The average molecular weight is 344 g/mol. The summed E-state index contributed by atoms with van der Waals surface area (Å²) < 4.78 is 18.8. The number of hydrogen-bond donors (Lipinski definition) is 2. The number of benzene rings is 2. The lowest BCUT2D eigenvalue weighted by atomic mass is 10.0. The number of phenolic OH excluding ortho intramolecular Hbond substituents is 1. The number of piperazine rings is 1. The summed E-state index contributed by atoms with van der Waals surface area (Å²) >= 11 is 0. The van der Waals surface area contributed by atoms with Crippen LogP contribution in [0.25, 0.3) is 0 Å². The summed E-state index contributed by atoms with van der Waals surface area (Å²) in [4.78, 5) is 2.23. The highest BCUT2D eigenvalue weighted by Crippen LogP contribution is 2.34. The molecule has 0 aromatic heterocycles. The van der Waals surface area contributed by atoms with E-state index in [1.54, 1.807) is 6.07 Å². The van der Waals surface area contributed by atoms with E-state index in [1.807, 2.05) is 42.5 Å². The summed E-state index contributed by atoms with van der Waals surface area (Å²) in [5.41, 5.74) is 1.84. The van der Waals surface area contributed by atoms with E-state index in [1.165, 1.54) is 0 Å². The molecule has 25 heavy (non-hydrogen) atoms. The van der Waals surface area contributed by atoms with Crippen LogP contribution in [0.4, 0.5) is 4.39 Å². The van der Waals surface area contributed by atoms with Gasteiger partial charge >= 0.3 is 0 Å². The first kappa shape index (κ1) is 17.7. The van der Waals surface area contributed by atoms with Crippen LogP contribution in [0.3, 0.4) is 0 Å². The summed E-state index contributed by atoms with van der Waals surface area (Å²) in [6.45, 7) is 3.54. The molecule has 0 radical (unpaired) electrons. The zero-order valence-corrected chi connectivity index (χ0v) is 14.3. The highest BCUT2D eigenvalue weighted by Gasteiger charge is 2.24. The van der Waals surface area contributed by atoms with Gasteiger partial charge in [-0.2, -0.15) is 0 Å². The third-order valence-corrected chi connectivity index (χ3v) is 4.58. The van der Waals surface area contributed by atoms with Crippen molar-refractivity contribution in [2.24, 2.45) is 0 Å². The van der Waals surface area contributed by atoms with Gasteiger partial charge in [0, 0.05) is 43.9 Å². The number of rotatable bonds is 7. The van der Waals surface area contributed by atoms with Crippen LogP contribution in [-0.4, -0.2) is 42.9 Å². The zero-order valence-electron chi connectivity index (χ0n) is 14.3. The number of nitrogens with zero attached hydrogens (tertiary/aromatic N) is 1. The number of alkyl halides is 1. The highest BCUT2D eigenvalue weighted by molar-refractivity contribution is 5.41. The van der Waals surface area contributed by atoms with Crippen molar-refractivity contribution in [3.05, 3.63) is 59.7 Å². The second-order valence-electron chi connectivity index (χ2n) is 6.27. The summed E-state index contributed by atoms with van der Waals surface area (Å²) in [6.07, 6.45) is 0.387. The number of halogens is 1. The maximum atomic E-state index is 13.1. The van der Waals surface area contributed by atoms with Crippen molar-refractivity contribution in [2.75, 3.05) is 32.9 Å². The van der Waals surface area contributed by atoms with Gasteiger partial charge in [0.05, 0.1) is 6.67 Å². The average Bonchev–Trinajstić information content (AvgIpc) is 2.66.